The van der Waals surface area contributed by atoms with E-state index in [0.717, 1.165) is 0 Å². The molecule has 1 aliphatic heterocycles. The van der Waals surface area contributed by atoms with Crippen molar-refractivity contribution in [1.82, 2.24) is 5.16 Å². The zero-order valence-corrected chi connectivity index (χ0v) is 9.14. The summed E-state index contributed by atoms with van der Waals surface area (Å²) < 4.78 is 29.1. The second-order valence-electron chi connectivity index (χ2n) is 3.73. The summed E-state index contributed by atoms with van der Waals surface area (Å²) >= 11 is 0. The number of rotatable bonds is 1. The van der Waals surface area contributed by atoms with Crippen LogP contribution in [-0.2, 0) is 0 Å². The molecular formula is C11H9FN2O4. The smallest absolute Gasteiger partial charge is 0.211 e. The Kier molecular flexibility index (Phi) is 2.26. The highest BCUT2D eigenvalue weighted by molar-refractivity contribution is 5.72. The summed E-state index contributed by atoms with van der Waals surface area (Å²) in [6.45, 7) is 0.549. The number of aromatic nitrogens is 1. The highest BCUT2D eigenvalue weighted by atomic mass is 19.1. The van der Waals surface area contributed by atoms with Crippen molar-refractivity contribution in [2.24, 2.45) is 0 Å². The van der Waals surface area contributed by atoms with Gasteiger partial charge in [0.25, 0.3) is 0 Å². The molecule has 1 aliphatic rings. The van der Waals surface area contributed by atoms with Crippen molar-refractivity contribution in [2.75, 3.05) is 18.9 Å². The van der Waals surface area contributed by atoms with Gasteiger partial charge in [0.05, 0.1) is 5.56 Å². The number of hydrogen-bond acceptors (Lipinski definition) is 6. The van der Waals surface area contributed by atoms with Gasteiger partial charge in [-0.15, -0.1) is 0 Å². The van der Waals surface area contributed by atoms with Gasteiger partial charge in [-0.2, -0.15) is 4.39 Å². The quantitative estimate of drug-likeness (QED) is 0.800. The number of nitrogens with two attached hydrogens (primary N) is 1. The normalized spacial score (nSPS) is 13.6. The maximum Gasteiger partial charge on any atom is 0.211 e. The molecule has 3 N–H and O–H groups in total. The molecule has 1 aromatic carbocycles. The minimum atomic E-state index is -0.892. The molecule has 2 heterocycles. The predicted octanol–water partition coefficient (Wildman–Crippen LogP) is 1.54. The fourth-order valence-electron chi connectivity index (χ4n) is 1.74. The van der Waals surface area contributed by atoms with Crippen LogP contribution in [0.25, 0.3) is 11.3 Å². The van der Waals surface area contributed by atoms with Gasteiger partial charge in [-0.25, -0.2) is 0 Å². The molecule has 6 nitrogen and oxygen atoms in total. The lowest BCUT2D eigenvalue weighted by Crippen LogP contribution is -2.16. The van der Waals surface area contributed by atoms with Crippen molar-refractivity contribution in [3.8, 4) is 28.6 Å². The first-order chi connectivity index (χ1) is 8.66. The van der Waals surface area contributed by atoms with E-state index in [2.05, 4.69) is 5.16 Å². The second-order valence-corrected chi connectivity index (χ2v) is 3.73. The highest BCUT2D eigenvalue weighted by Crippen LogP contribution is 2.44. The number of nitrogen functional groups attached to an aromatic ring is 1. The van der Waals surface area contributed by atoms with Crippen LogP contribution in [-0.4, -0.2) is 23.5 Å². The first-order valence-corrected chi connectivity index (χ1v) is 5.20. The Labute approximate surface area is 101 Å². The molecule has 2 aromatic rings. The molecule has 0 radical (unpaired) electrons. The number of phenols is 1. The van der Waals surface area contributed by atoms with Gasteiger partial charge in [0, 0.05) is 6.07 Å². The van der Waals surface area contributed by atoms with E-state index < -0.39 is 11.6 Å². The zero-order chi connectivity index (χ0) is 12.7. The van der Waals surface area contributed by atoms with E-state index in [1.54, 1.807) is 0 Å². The van der Waals surface area contributed by atoms with Crippen LogP contribution in [0.2, 0.25) is 0 Å². The van der Waals surface area contributed by atoms with Crippen molar-refractivity contribution < 1.29 is 23.5 Å². The molecule has 0 atom stereocenters. The topological polar surface area (TPSA) is 90.7 Å². The van der Waals surface area contributed by atoms with Crippen molar-refractivity contribution in [2.45, 2.75) is 0 Å². The third-order valence-electron chi connectivity index (χ3n) is 2.54. The van der Waals surface area contributed by atoms with E-state index in [9.17, 15) is 9.50 Å². The molecule has 0 spiro atoms. The number of anilines is 1. The first-order valence-electron chi connectivity index (χ1n) is 5.20. The SMILES string of the molecule is Nc1cc(-c2cc3c(c(F)c2O)OCCO3)on1. The number of fused-ring (bicyclic) bond motifs is 1. The molecule has 7 heteroatoms. The Morgan fingerprint density at radius 1 is 1.28 bits per heavy atom. The maximum absolute atomic E-state index is 13.9. The molecular weight excluding hydrogens is 243 g/mol. The van der Waals surface area contributed by atoms with E-state index in [1.807, 2.05) is 0 Å². The van der Waals surface area contributed by atoms with Crippen molar-refractivity contribution in [3.05, 3.63) is 17.9 Å². The Hall–Kier alpha value is -2.44. The maximum atomic E-state index is 13.9. The van der Waals surface area contributed by atoms with Crippen LogP contribution in [0.4, 0.5) is 10.2 Å². The summed E-state index contributed by atoms with van der Waals surface area (Å²) in [5, 5.41) is 13.3. The van der Waals surface area contributed by atoms with Crippen LogP contribution >= 0.6 is 0 Å². The third kappa shape index (κ3) is 1.52. The van der Waals surface area contributed by atoms with Gasteiger partial charge in [0.15, 0.2) is 23.1 Å². The summed E-state index contributed by atoms with van der Waals surface area (Å²) in [5.74, 6) is -1.08. The molecule has 0 aliphatic carbocycles. The minimum Gasteiger partial charge on any atom is -0.504 e. The summed E-state index contributed by atoms with van der Waals surface area (Å²) in [6.07, 6.45) is 0. The molecule has 0 amide bonds. The molecule has 18 heavy (non-hydrogen) atoms. The number of halogens is 1. The number of benzene rings is 1. The molecule has 1 aromatic heterocycles. The molecule has 0 saturated carbocycles. The molecule has 0 fully saturated rings. The minimum absolute atomic E-state index is 0.102. The van der Waals surface area contributed by atoms with Gasteiger partial charge >= 0.3 is 0 Å². The Morgan fingerprint density at radius 3 is 2.78 bits per heavy atom. The van der Waals surface area contributed by atoms with Crippen molar-refractivity contribution >= 4 is 5.82 Å². The summed E-state index contributed by atoms with van der Waals surface area (Å²) in [4.78, 5) is 0. The second kappa shape index (κ2) is 3.80. The Morgan fingerprint density at radius 2 is 2.06 bits per heavy atom. The van der Waals surface area contributed by atoms with Crippen LogP contribution in [0.15, 0.2) is 16.7 Å². The number of aromatic hydroxyl groups is 1. The van der Waals surface area contributed by atoms with Gasteiger partial charge in [-0.1, -0.05) is 5.16 Å². The lowest BCUT2D eigenvalue weighted by atomic mass is 10.1. The zero-order valence-electron chi connectivity index (χ0n) is 9.14. The van der Waals surface area contributed by atoms with E-state index in [-0.39, 0.29) is 35.2 Å². The van der Waals surface area contributed by atoms with E-state index in [0.29, 0.717) is 6.61 Å². The largest absolute Gasteiger partial charge is 0.504 e. The van der Waals surface area contributed by atoms with Gasteiger partial charge in [0.1, 0.15) is 13.2 Å². The monoisotopic (exact) mass is 252 g/mol. The predicted molar refractivity (Wildman–Crippen MR) is 59.0 cm³/mol. The number of phenolic OH excluding ortho intramolecular Hbond substituents is 1. The molecule has 3 rings (SSSR count). The average Bonchev–Trinajstić information content (AvgIpc) is 2.80. The van der Waals surface area contributed by atoms with Gasteiger partial charge in [0.2, 0.25) is 11.6 Å². The van der Waals surface area contributed by atoms with E-state index >= 15 is 0 Å². The van der Waals surface area contributed by atoms with Gasteiger partial charge in [-0.05, 0) is 6.07 Å². The standard InChI is InChI=1S/C11H9FN2O4/c12-9-10(15)5(6-4-8(13)14-18-6)3-7-11(9)17-2-1-16-7/h3-4,15H,1-2H2,(H2,13,14). The highest BCUT2D eigenvalue weighted by Gasteiger charge is 2.25. The average molecular weight is 252 g/mol. The fraction of sp³-hybridized carbons (Fsp3) is 0.182. The molecule has 0 bridgehead atoms. The van der Waals surface area contributed by atoms with E-state index in [1.165, 1.54) is 12.1 Å². The fourth-order valence-corrected chi connectivity index (χ4v) is 1.74. The number of nitrogens with zero attached hydrogens (tertiary/aromatic N) is 1. The molecule has 94 valence electrons. The van der Waals surface area contributed by atoms with Crippen LogP contribution in [0, 0.1) is 5.82 Å². The molecule has 0 saturated heterocycles. The Bertz CT molecular complexity index is 611. The lowest BCUT2D eigenvalue weighted by Gasteiger charge is -2.20. The van der Waals surface area contributed by atoms with E-state index in [4.69, 9.17) is 19.7 Å². The van der Waals surface area contributed by atoms with Crippen LogP contribution < -0.4 is 15.2 Å². The Balaban J connectivity index is 2.18. The van der Waals surface area contributed by atoms with Crippen LogP contribution in [0.1, 0.15) is 0 Å². The third-order valence-corrected chi connectivity index (χ3v) is 2.54. The molecule has 0 unspecified atom stereocenters. The number of ether oxygens (including phenoxy) is 2. The van der Waals surface area contributed by atoms with Crippen LogP contribution in [0.3, 0.4) is 0 Å². The summed E-state index contributed by atoms with van der Waals surface area (Å²) in [6, 6.07) is 2.80. The van der Waals surface area contributed by atoms with Crippen molar-refractivity contribution in [1.29, 1.82) is 0 Å². The first kappa shape index (κ1) is 10.7. The summed E-state index contributed by atoms with van der Waals surface area (Å²) in [7, 11) is 0. The lowest BCUT2D eigenvalue weighted by molar-refractivity contribution is 0.163. The van der Waals surface area contributed by atoms with Crippen molar-refractivity contribution in [3.63, 3.8) is 0 Å². The van der Waals surface area contributed by atoms with Gasteiger partial charge < -0.3 is 24.8 Å². The number of hydrogen-bond donors (Lipinski definition) is 2. The van der Waals surface area contributed by atoms with Gasteiger partial charge in [-0.3, -0.25) is 0 Å². The van der Waals surface area contributed by atoms with Crippen LogP contribution in [0.5, 0.6) is 17.2 Å². The summed E-state index contributed by atoms with van der Waals surface area (Å²) in [5.41, 5.74) is 5.52.